The van der Waals surface area contributed by atoms with Gasteiger partial charge in [-0.2, -0.15) is 4.98 Å². The number of aromatic nitrogens is 2. The van der Waals surface area contributed by atoms with Crippen molar-refractivity contribution in [3.05, 3.63) is 30.1 Å². The van der Waals surface area contributed by atoms with Gasteiger partial charge in [0.05, 0.1) is 0 Å². The van der Waals surface area contributed by atoms with Crippen LogP contribution in [0, 0.1) is 5.41 Å². The molecule has 5 nitrogen and oxygen atoms in total. The molecule has 2 aromatic rings. The first-order valence-electron chi connectivity index (χ1n) is 6.14. The molecule has 0 saturated heterocycles. The van der Waals surface area contributed by atoms with Gasteiger partial charge in [-0.25, -0.2) is 0 Å². The van der Waals surface area contributed by atoms with Crippen LogP contribution >= 0.6 is 0 Å². The highest BCUT2D eigenvalue weighted by molar-refractivity contribution is 5.59. The third kappa shape index (κ3) is 2.93. The lowest BCUT2D eigenvalue weighted by Crippen LogP contribution is -2.21. The summed E-state index contributed by atoms with van der Waals surface area (Å²) in [5, 5.41) is 4.01. The summed E-state index contributed by atoms with van der Waals surface area (Å²) in [5.74, 6) is 1.00. The molecule has 1 heterocycles. The van der Waals surface area contributed by atoms with Gasteiger partial charge in [-0.3, -0.25) is 0 Å². The Morgan fingerprint density at radius 1 is 1.32 bits per heavy atom. The monoisotopic (exact) mass is 261 g/mol. The number of ether oxygens (including phenoxy) is 1. The minimum Gasteiger partial charge on any atom is -0.399 e. The van der Waals surface area contributed by atoms with Crippen molar-refractivity contribution < 1.29 is 9.26 Å². The topological polar surface area (TPSA) is 74.2 Å². The lowest BCUT2D eigenvalue weighted by Gasteiger charge is -2.26. The molecule has 1 atom stereocenters. The summed E-state index contributed by atoms with van der Waals surface area (Å²) in [6.45, 7) is 6.20. The van der Waals surface area contributed by atoms with Crippen LogP contribution in [0.2, 0.25) is 0 Å². The molecule has 5 heteroatoms. The maximum Gasteiger partial charge on any atom is 0.258 e. The van der Waals surface area contributed by atoms with Crippen molar-refractivity contribution in [2.45, 2.75) is 26.9 Å². The maximum atomic E-state index is 5.74. The number of nitrogens with two attached hydrogens (primary N) is 1. The highest BCUT2D eigenvalue weighted by Crippen LogP contribution is 2.34. The third-order valence-electron chi connectivity index (χ3n) is 2.83. The van der Waals surface area contributed by atoms with Gasteiger partial charge in [0.2, 0.25) is 5.82 Å². The zero-order chi connectivity index (χ0) is 14.0. The number of anilines is 1. The molecule has 1 aromatic carbocycles. The molecule has 2 rings (SSSR count). The second kappa shape index (κ2) is 5.01. The van der Waals surface area contributed by atoms with Crippen molar-refractivity contribution in [3.63, 3.8) is 0 Å². The van der Waals surface area contributed by atoms with Crippen molar-refractivity contribution in [2.24, 2.45) is 5.41 Å². The molecular formula is C14H19N3O2. The number of hydrogen-bond acceptors (Lipinski definition) is 5. The molecule has 0 radical (unpaired) electrons. The standard InChI is InChI=1S/C14H19N3O2/c1-14(2,3)11(18-4)12-16-13(19-17-12)9-6-5-7-10(15)8-9/h5-8,11H,15H2,1-4H3. The second-order valence-corrected chi connectivity index (χ2v) is 5.56. The van der Waals surface area contributed by atoms with Crippen molar-refractivity contribution in [2.75, 3.05) is 12.8 Å². The zero-order valence-electron chi connectivity index (χ0n) is 11.7. The predicted molar refractivity (Wildman–Crippen MR) is 73.4 cm³/mol. The smallest absolute Gasteiger partial charge is 0.258 e. The van der Waals surface area contributed by atoms with Crippen LogP contribution in [-0.4, -0.2) is 17.3 Å². The van der Waals surface area contributed by atoms with E-state index < -0.39 is 0 Å². The van der Waals surface area contributed by atoms with Crippen molar-refractivity contribution >= 4 is 5.69 Å². The predicted octanol–water partition coefficient (Wildman–Crippen LogP) is 3.05. The molecule has 0 aliphatic rings. The first-order valence-corrected chi connectivity index (χ1v) is 6.14. The van der Waals surface area contributed by atoms with Crippen LogP contribution in [0.4, 0.5) is 5.69 Å². The third-order valence-corrected chi connectivity index (χ3v) is 2.83. The Hall–Kier alpha value is -1.88. The van der Waals surface area contributed by atoms with Gasteiger partial charge in [0.15, 0.2) is 0 Å². The number of benzene rings is 1. The number of rotatable bonds is 3. The Balaban J connectivity index is 2.33. The van der Waals surface area contributed by atoms with E-state index in [4.69, 9.17) is 15.0 Å². The van der Waals surface area contributed by atoms with Gasteiger partial charge in [-0.1, -0.05) is 32.0 Å². The first-order chi connectivity index (χ1) is 8.91. The zero-order valence-corrected chi connectivity index (χ0v) is 11.7. The lowest BCUT2D eigenvalue weighted by atomic mass is 9.88. The first kappa shape index (κ1) is 13.5. The van der Waals surface area contributed by atoms with Crippen LogP contribution in [0.5, 0.6) is 0 Å². The van der Waals surface area contributed by atoms with E-state index in [-0.39, 0.29) is 11.5 Å². The molecule has 0 saturated carbocycles. The van der Waals surface area contributed by atoms with E-state index in [1.807, 2.05) is 18.2 Å². The van der Waals surface area contributed by atoms with E-state index >= 15 is 0 Å². The Bertz CT molecular complexity index is 558. The van der Waals surface area contributed by atoms with E-state index in [1.165, 1.54) is 0 Å². The normalized spacial score (nSPS) is 13.5. The van der Waals surface area contributed by atoms with Gasteiger partial charge in [-0.15, -0.1) is 0 Å². The van der Waals surface area contributed by atoms with Crippen LogP contribution in [0.25, 0.3) is 11.5 Å². The van der Waals surface area contributed by atoms with Crippen LogP contribution in [-0.2, 0) is 4.74 Å². The number of nitrogens with zero attached hydrogens (tertiary/aromatic N) is 2. The summed E-state index contributed by atoms with van der Waals surface area (Å²) in [5.41, 5.74) is 7.11. The van der Waals surface area contributed by atoms with Gasteiger partial charge in [0, 0.05) is 18.4 Å². The molecule has 1 unspecified atom stereocenters. The number of hydrogen-bond donors (Lipinski definition) is 1. The number of methoxy groups -OCH3 is 1. The molecule has 19 heavy (non-hydrogen) atoms. The van der Waals surface area contributed by atoms with Gasteiger partial charge in [0.25, 0.3) is 5.89 Å². The summed E-state index contributed by atoms with van der Waals surface area (Å²) in [6.07, 6.45) is -0.217. The summed E-state index contributed by atoms with van der Waals surface area (Å²) in [6, 6.07) is 7.35. The van der Waals surface area contributed by atoms with Crippen molar-refractivity contribution in [1.82, 2.24) is 10.1 Å². The fraction of sp³-hybridized carbons (Fsp3) is 0.429. The molecule has 1 aromatic heterocycles. The molecule has 0 aliphatic carbocycles. The van der Waals surface area contributed by atoms with E-state index in [2.05, 4.69) is 30.9 Å². The van der Waals surface area contributed by atoms with Crippen LogP contribution < -0.4 is 5.73 Å². The van der Waals surface area contributed by atoms with E-state index in [9.17, 15) is 0 Å². The molecule has 0 aliphatic heterocycles. The SMILES string of the molecule is COC(c1noc(-c2cccc(N)c2)n1)C(C)(C)C. The fourth-order valence-corrected chi connectivity index (χ4v) is 1.98. The maximum absolute atomic E-state index is 5.74. The van der Waals surface area contributed by atoms with Crippen LogP contribution in [0.3, 0.4) is 0 Å². The molecular weight excluding hydrogens is 242 g/mol. The summed E-state index contributed by atoms with van der Waals surface area (Å²) in [4.78, 5) is 4.40. The molecule has 0 fully saturated rings. The molecule has 0 amide bonds. The molecule has 102 valence electrons. The van der Waals surface area contributed by atoms with Gasteiger partial charge in [-0.05, 0) is 23.6 Å². The van der Waals surface area contributed by atoms with Gasteiger partial charge < -0.3 is 15.0 Å². The summed E-state index contributed by atoms with van der Waals surface area (Å²) in [7, 11) is 1.65. The average molecular weight is 261 g/mol. The van der Waals surface area contributed by atoms with Crippen LogP contribution in [0.15, 0.2) is 28.8 Å². The Kier molecular flexibility index (Phi) is 3.57. The highest BCUT2D eigenvalue weighted by Gasteiger charge is 2.30. The molecule has 2 N–H and O–H groups in total. The largest absolute Gasteiger partial charge is 0.399 e. The summed E-state index contributed by atoms with van der Waals surface area (Å²) < 4.78 is 10.8. The Labute approximate surface area is 112 Å². The van der Waals surface area contributed by atoms with Crippen LogP contribution in [0.1, 0.15) is 32.7 Å². The Morgan fingerprint density at radius 3 is 2.63 bits per heavy atom. The highest BCUT2D eigenvalue weighted by atomic mass is 16.5. The van der Waals surface area contributed by atoms with E-state index in [1.54, 1.807) is 13.2 Å². The molecule has 0 bridgehead atoms. The van der Waals surface area contributed by atoms with Crippen molar-refractivity contribution in [3.8, 4) is 11.5 Å². The number of nitrogen functional groups attached to an aromatic ring is 1. The van der Waals surface area contributed by atoms with E-state index in [0.29, 0.717) is 17.4 Å². The second-order valence-electron chi connectivity index (χ2n) is 5.56. The minimum atomic E-state index is -0.217. The van der Waals surface area contributed by atoms with E-state index in [0.717, 1.165) is 5.56 Å². The van der Waals surface area contributed by atoms with Crippen molar-refractivity contribution in [1.29, 1.82) is 0 Å². The average Bonchev–Trinajstić information content (AvgIpc) is 2.77. The van der Waals surface area contributed by atoms with Gasteiger partial charge in [0.1, 0.15) is 6.10 Å². The summed E-state index contributed by atoms with van der Waals surface area (Å²) >= 11 is 0. The fourth-order valence-electron chi connectivity index (χ4n) is 1.98. The minimum absolute atomic E-state index is 0.106. The Morgan fingerprint density at radius 2 is 2.05 bits per heavy atom. The quantitative estimate of drug-likeness (QED) is 0.859. The lowest BCUT2D eigenvalue weighted by molar-refractivity contribution is 0.00718. The molecule has 0 spiro atoms. The van der Waals surface area contributed by atoms with Gasteiger partial charge >= 0.3 is 0 Å².